The third-order valence-electron chi connectivity index (χ3n) is 5.89. The van der Waals surface area contributed by atoms with Crippen molar-refractivity contribution in [3.05, 3.63) is 0 Å². The Morgan fingerprint density at radius 1 is 1.06 bits per heavy atom. The van der Waals surface area contributed by atoms with Crippen LogP contribution in [0.1, 0.15) is 52.4 Å². The zero-order valence-corrected chi connectivity index (χ0v) is 19.8. The van der Waals surface area contributed by atoms with Gasteiger partial charge in [-0.05, 0) is 31.4 Å². The number of carbonyl (C=O) groups excluding carboxylic acids is 4. The highest BCUT2D eigenvalue weighted by Crippen LogP contribution is 2.21. The molecule has 176 valence electrons. The molecule has 2 fully saturated rings. The van der Waals surface area contributed by atoms with E-state index in [-0.39, 0.29) is 42.2 Å². The number of esters is 1. The summed E-state index contributed by atoms with van der Waals surface area (Å²) in [5, 5.41) is 8.67. The standard InChI is InChI=1S/C21H36N4O5S/c1-13(2)18(20(28)30-3)24-19(27)16-10-15(11-25(16)17(26)12-31-4)23-21(29)22-14-8-6-5-7-9-14/h13-16,18H,5-12H2,1-4H3,(H,24,27)(H2,22,23,29)/t15-,16-,18+/m0/s1. The Morgan fingerprint density at radius 3 is 2.29 bits per heavy atom. The smallest absolute Gasteiger partial charge is 0.328 e. The molecule has 9 nitrogen and oxygen atoms in total. The molecular formula is C21H36N4O5S. The number of likely N-dealkylation sites (tertiary alicyclic amines) is 1. The van der Waals surface area contributed by atoms with Crippen molar-refractivity contribution in [1.82, 2.24) is 20.9 Å². The predicted molar refractivity (Wildman–Crippen MR) is 120 cm³/mol. The number of carbonyl (C=O) groups is 4. The summed E-state index contributed by atoms with van der Waals surface area (Å²) in [6.07, 6.45) is 7.51. The monoisotopic (exact) mass is 456 g/mol. The summed E-state index contributed by atoms with van der Waals surface area (Å²) < 4.78 is 4.79. The van der Waals surface area contributed by atoms with Crippen LogP contribution in [-0.4, -0.2) is 78.5 Å². The van der Waals surface area contributed by atoms with Gasteiger partial charge in [0.15, 0.2) is 0 Å². The number of rotatable bonds is 8. The molecule has 1 saturated carbocycles. The summed E-state index contributed by atoms with van der Waals surface area (Å²) in [6.45, 7) is 3.89. The maximum absolute atomic E-state index is 13.0. The van der Waals surface area contributed by atoms with Gasteiger partial charge >= 0.3 is 12.0 Å². The summed E-state index contributed by atoms with van der Waals surface area (Å²) in [5.74, 6) is -1.01. The fourth-order valence-corrected chi connectivity index (χ4v) is 4.62. The van der Waals surface area contributed by atoms with Crippen LogP contribution in [0.25, 0.3) is 0 Å². The first-order valence-corrected chi connectivity index (χ1v) is 12.4. The van der Waals surface area contributed by atoms with Crippen LogP contribution in [0, 0.1) is 5.92 Å². The van der Waals surface area contributed by atoms with Gasteiger partial charge in [-0.25, -0.2) is 9.59 Å². The Hall–Kier alpha value is -1.97. The Morgan fingerprint density at radius 2 is 1.71 bits per heavy atom. The fourth-order valence-electron chi connectivity index (χ4n) is 4.20. The first kappa shape index (κ1) is 25.3. The first-order valence-electron chi connectivity index (χ1n) is 11.0. The minimum Gasteiger partial charge on any atom is -0.467 e. The molecule has 3 atom stereocenters. The quantitative estimate of drug-likeness (QED) is 0.474. The summed E-state index contributed by atoms with van der Waals surface area (Å²) >= 11 is 1.38. The highest BCUT2D eigenvalue weighted by Gasteiger charge is 2.41. The first-order chi connectivity index (χ1) is 14.8. The SMILES string of the molecule is COC(=O)[C@H](NC(=O)[C@@H]1C[C@H](NC(=O)NC2CCCCC2)CN1C(=O)CSC)C(C)C. The van der Waals surface area contributed by atoms with Crippen molar-refractivity contribution in [2.24, 2.45) is 5.92 Å². The third kappa shape index (κ3) is 7.29. The van der Waals surface area contributed by atoms with Crippen LogP contribution in [0.4, 0.5) is 4.79 Å². The predicted octanol–water partition coefficient (Wildman–Crippen LogP) is 1.26. The van der Waals surface area contributed by atoms with Crippen LogP contribution in [0.5, 0.6) is 0 Å². The second-order valence-corrected chi connectivity index (χ2v) is 9.50. The molecule has 0 aromatic carbocycles. The van der Waals surface area contributed by atoms with Crippen LogP contribution >= 0.6 is 11.8 Å². The second kappa shape index (κ2) is 12.2. The average molecular weight is 457 g/mol. The van der Waals surface area contributed by atoms with Crippen LogP contribution in [-0.2, 0) is 19.1 Å². The highest BCUT2D eigenvalue weighted by molar-refractivity contribution is 7.99. The van der Waals surface area contributed by atoms with E-state index in [0.29, 0.717) is 6.42 Å². The summed E-state index contributed by atoms with van der Waals surface area (Å²) in [4.78, 5) is 51.6. The van der Waals surface area contributed by atoms with Crippen LogP contribution < -0.4 is 16.0 Å². The molecular weight excluding hydrogens is 420 g/mol. The molecule has 0 aromatic heterocycles. The maximum atomic E-state index is 13.0. The van der Waals surface area contributed by atoms with Crippen LogP contribution in [0.2, 0.25) is 0 Å². The number of amides is 4. The number of ether oxygens (including phenoxy) is 1. The lowest BCUT2D eigenvalue weighted by molar-refractivity contribution is -0.147. The zero-order valence-electron chi connectivity index (χ0n) is 18.9. The number of hydrogen-bond donors (Lipinski definition) is 3. The van der Waals surface area contributed by atoms with E-state index in [1.54, 1.807) is 0 Å². The molecule has 31 heavy (non-hydrogen) atoms. The lowest BCUT2D eigenvalue weighted by Gasteiger charge is -2.26. The largest absolute Gasteiger partial charge is 0.467 e. The van der Waals surface area contributed by atoms with Crippen molar-refractivity contribution in [3.8, 4) is 0 Å². The topological polar surface area (TPSA) is 117 Å². The summed E-state index contributed by atoms with van der Waals surface area (Å²) in [5.41, 5.74) is 0. The van der Waals surface area contributed by atoms with E-state index in [1.165, 1.54) is 30.2 Å². The second-order valence-electron chi connectivity index (χ2n) is 8.63. The fraction of sp³-hybridized carbons (Fsp3) is 0.810. The number of thioether (sulfide) groups is 1. The molecule has 0 aromatic rings. The average Bonchev–Trinajstić information content (AvgIpc) is 3.15. The molecule has 3 N–H and O–H groups in total. The van der Waals surface area contributed by atoms with E-state index in [1.807, 2.05) is 20.1 Å². The molecule has 1 heterocycles. The third-order valence-corrected chi connectivity index (χ3v) is 6.42. The van der Waals surface area contributed by atoms with Crippen molar-refractivity contribution in [2.45, 2.75) is 76.5 Å². The zero-order chi connectivity index (χ0) is 23.0. The summed E-state index contributed by atoms with van der Waals surface area (Å²) in [6, 6.07) is -1.96. The highest BCUT2D eigenvalue weighted by atomic mass is 32.2. The number of nitrogens with one attached hydrogen (secondary N) is 3. The molecule has 1 aliphatic carbocycles. The van der Waals surface area contributed by atoms with Crippen molar-refractivity contribution in [1.29, 1.82) is 0 Å². The molecule has 4 amide bonds. The molecule has 0 spiro atoms. The van der Waals surface area contributed by atoms with E-state index in [4.69, 9.17) is 4.74 Å². The molecule has 1 saturated heterocycles. The van der Waals surface area contributed by atoms with E-state index in [0.717, 1.165) is 25.7 Å². The van der Waals surface area contributed by atoms with Crippen molar-refractivity contribution in [3.63, 3.8) is 0 Å². The van der Waals surface area contributed by atoms with Gasteiger partial charge in [0.2, 0.25) is 11.8 Å². The van der Waals surface area contributed by atoms with E-state index in [9.17, 15) is 19.2 Å². The van der Waals surface area contributed by atoms with Gasteiger partial charge in [-0.2, -0.15) is 11.8 Å². The maximum Gasteiger partial charge on any atom is 0.328 e. The number of urea groups is 1. The van der Waals surface area contributed by atoms with E-state index < -0.39 is 24.0 Å². The molecule has 0 radical (unpaired) electrons. The van der Waals surface area contributed by atoms with E-state index >= 15 is 0 Å². The van der Waals surface area contributed by atoms with Gasteiger partial charge in [-0.1, -0.05) is 33.1 Å². The van der Waals surface area contributed by atoms with Crippen LogP contribution in [0.3, 0.4) is 0 Å². The number of methoxy groups -OCH3 is 1. The van der Waals surface area contributed by atoms with Gasteiger partial charge in [-0.15, -0.1) is 0 Å². The molecule has 10 heteroatoms. The van der Waals surface area contributed by atoms with Gasteiger partial charge in [0.25, 0.3) is 0 Å². The molecule has 2 rings (SSSR count). The van der Waals surface area contributed by atoms with Crippen molar-refractivity contribution >= 4 is 35.6 Å². The molecule has 1 aliphatic heterocycles. The Bertz CT molecular complexity index is 654. The lowest BCUT2D eigenvalue weighted by Crippen LogP contribution is -2.53. The van der Waals surface area contributed by atoms with E-state index in [2.05, 4.69) is 16.0 Å². The Kier molecular flexibility index (Phi) is 9.93. The molecule has 0 bridgehead atoms. The Balaban J connectivity index is 2.03. The van der Waals surface area contributed by atoms with Crippen molar-refractivity contribution < 1.29 is 23.9 Å². The van der Waals surface area contributed by atoms with Gasteiger partial charge in [0.05, 0.1) is 18.9 Å². The number of hydrogen-bond acceptors (Lipinski definition) is 6. The van der Waals surface area contributed by atoms with Crippen LogP contribution in [0.15, 0.2) is 0 Å². The van der Waals surface area contributed by atoms with Gasteiger partial charge < -0.3 is 25.6 Å². The minimum atomic E-state index is -0.795. The van der Waals surface area contributed by atoms with Gasteiger partial charge in [-0.3, -0.25) is 9.59 Å². The lowest BCUT2D eigenvalue weighted by atomic mass is 9.96. The molecule has 0 unspecified atom stereocenters. The molecule has 2 aliphatic rings. The summed E-state index contributed by atoms with van der Waals surface area (Å²) in [7, 11) is 1.28. The normalized spacial score (nSPS) is 22.7. The minimum absolute atomic E-state index is 0.163. The number of nitrogens with zero attached hydrogens (tertiary/aromatic N) is 1. The Labute approximate surface area is 188 Å². The van der Waals surface area contributed by atoms with Crippen molar-refractivity contribution in [2.75, 3.05) is 25.7 Å². The van der Waals surface area contributed by atoms with Gasteiger partial charge in [0, 0.05) is 12.6 Å². The van der Waals surface area contributed by atoms with Gasteiger partial charge in [0.1, 0.15) is 12.1 Å².